The molecule has 3 aromatic rings. The minimum absolute atomic E-state index is 0.157. The average Bonchev–Trinajstić information content (AvgIpc) is 3.26. The second-order valence-corrected chi connectivity index (χ2v) is 10.7. The molecule has 0 bridgehead atoms. The van der Waals surface area contributed by atoms with Gasteiger partial charge in [-0.1, -0.05) is 17.4 Å². The molecule has 1 fully saturated rings. The van der Waals surface area contributed by atoms with E-state index in [4.69, 9.17) is 0 Å². The molecule has 0 unspecified atom stereocenters. The number of amides is 1. The molecule has 8 nitrogen and oxygen atoms in total. The van der Waals surface area contributed by atoms with E-state index in [1.807, 2.05) is 18.0 Å². The Morgan fingerprint density at radius 2 is 1.97 bits per heavy atom. The predicted molar refractivity (Wildman–Crippen MR) is 140 cm³/mol. The Hall–Kier alpha value is -3.38. The summed E-state index contributed by atoms with van der Waals surface area (Å²) in [6.07, 6.45) is -0.409. The number of halogens is 3. The number of hydrogen-bond acceptors (Lipinski definition) is 8. The van der Waals surface area contributed by atoms with E-state index in [9.17, 15) is 23.1 Å². The summed E-state index contributed by atoms with van der Waals surface area (Å²) in [5, 5.41) is 16.3. The summed E-state index contributed by atoms with van der Waals surface area (Å²) in [6.45, 7) is 1.15. The standard InChI is InChI=1S/C26H28F3N5O3S/c1-34-14-17-5-4-16(23(36)30-11-10-15-2-6-18(35)7-3-15)12-21(17)31-24(34)33-25-32-20-9-8-19(13-22(20)38-25)37-26(27,28)29/h4-5,8-9,12-13,15,18,35H,2-3,6-7,10-11,14H2,1H3,(H,30,36)(H,31,32,33). The number of ether oxygens (including phenoxy) is 1. The van der Waals surface area contributed by atoms with Crippen molar-refractivity contribution < 1.29 is 27.8 Å². The fraction of sp³-hybridized carbons (Fsp3) is 0.423. The van der Waals surface area contributed by atoms with Gasteiger partial charge >= 0.3 is 6.36 Å². The molecule has 2 heterocycles. The number of carbonyl (C=O) groups is 1. The first-order valence-electron chi connectivity index (χ1n) is 12.5. The van der Waals surface area contributed by atoms with Crippen LogP contribution in [0.1, 0.15) is 48.0 Å². The van der Waals surface area contributed by atoms with Gasteiger partial charge in [0.25, 0.3) is 5.91 Å². The first-order chi connectivity index (χ1) is 18.1. The van der Waals surface area contributed by atoms with Gasteiger partial charge in [0, 0.05) is 31.8 Å². The number of aliphatic hydroxyl groups is 1. The van der Waals surface area contributed by atoms with Gasteiger partial charge in [0.15, 0.2) is 5.13 Å². The summed E-state index contributed by atoms with van der Waals surface area (Å²) in [7, 11) is 1.86. The van der Waals surface area contributed by atoms with Crippen molar-refractivity contribution in [3.63, 3.8) is 0 Å². The molecule has 2 aromatic carbocycles. The van der Waals surface area contributed by atoms with Crippen LogP contribution < -0.4 is 15.4 Å². The van der Waals surface area contributed by atoms with Gasteiger partial charge in [0.1, 0.15) is 5.75 Å². The number of nitrogens with zero attached hydrogens (tertiary/aromatic N) is 3. The zero-order valence-corrected chi connectivity index (χ0v) is 21.5. The van der Waals surface area contributed by atoms with Crippen LogP contribution in [0.25, 0.3) is 10.2 Å². The first-order valence-corrected chi connectivity index (χ1v) is 13.3. The van der Waals surface area contributed by atoms with Crippen molar-refractivity contribution >= 4 is 44.2 Å². The number of nitrogens with one attached hydrogen (secondary N) is 2. The number of rotatable bonds is 6. The number of hydrogen-bond donors (Lipinski definition) is 3. The summed E-state index contributed by atoms with van der Waals surface area (Å²) in [4.78, 5) is 23.8. The summed E-state index contributed by atoms with van der Waals surface area (Å²) in [6, 6.07) is 9.45. The maximum Gasteiger partial charge on any atom is 0.573 e. The Kier molecular flexibility index (Phi) is 7.44. The van der Waals surface area contributed by atoms with Crippen LogP contribution in [0.15, 0.2) is 41.4 Å². The topological polar surface area (TPSA) is 99.1 Å². The lowest BCUT2D eigenvalue weighted by molar-refractivity contribution is -0.274. The highest BCUT2D eigenvalue weighted by Crippen LogP contribution is 2.33. The van der Waals surface area contributed by atoms with Crippen LogP contribution in [0.3, 0.4) is 0 Å². The molecule has 1 aliphatic carbocycles. The van der Waals surface area contributed by atoms with E-state index in [0.717, 1.165) is 37.7 Å². The minimum Gasteiger partial charge on any atom is -0.406 e. The minimum atomic E-state index is -4.76. The summed E-state index contributed by atoms with van der Waals surface area (Å²) in [5.74, 6) is 0.586. The monoisotopic (exact) mass is 547 g/mol. The molecule has 5 rings (SSSR count). The molecule has 12 heteroatoms. The Morgan fingerprint density at radius 3 is 2.74 bits per heavy atom. The van der Waals surface area contributed by atoms with Crippen molar-refractivity contribution in [1.82, 2.24) is 15.2 Å². The third-order valence-corrected chi connectivity index (χ3v) is 7.74. The lowest BCUT2D eigenvalue weighted by Gasteiger charge is -2.27. The molecule has 1 amide bonds. The van der Waals surface area contributed by atoms with E-state index < -0.39 is 6.36 Å². The first kappa shape index (κ1) is 26.2. The van der Waals surface area contributed by atoms with Gasteiger partial charge in [-0.3, -0.25) is 4.79 Å². The van der Waals surface area contributed by atoms with Gasteiger partial charge < -0.3 is 25.4 Å². The van der Waals surface area contributed by atoms with Crippen LogP contribution >= 0.6 is 11.3 Å². The number of aliphatic imine (C=N–C) groups is 1. The summed E-state index contributed by atoms with van der Waals surface area (Å²) < 4.78 is 42.2. The SMILES string of the molecule is CN1Cc2ccc(C(=O)NCCC3CCC(O)CC3)cc2N=C1Nc1nc2ccc(OC(F)(F)F)cc2s1. The van der Waals surface area contributed by atoms with Crippen LogP contribution in [0.2, 0.25) is 0 Å². The summed E-state index contributed by atoms with van der Waals surface area (Å²) in [5.41, 5.74) is 2.69. The Balaban J connectivity index is 1.25. The number of fused-ring (bicyclic) bond motifs is 2. The third kappa shape index (κ3) is 6.36. The number of aliphatic hydroxyl groups excluding tert-OH is 1. The molecule has 0 atom stereocenters. The van der Waals surface area contributed by atoms with Gasteiger partial charge in [0.2, 0.25) is 5.96 Å². The zero-order valence-electron chi connectivity index (χ0n) is 20.7. The second kappa shape index (κ2) is 10.8. The van der Waals surface area contributed by atoms with Crippen molar-refractivity contribution in [1.29, 1.82) is 0 Å². The van der Waals surface area contributed by atoms with Crippen LogP contribution in [0, 0.1) is 5.92 Å². The maximum absolute atomic E-state index is 12.8. The predicted octanol–water partition coefficient (Wildman–Crippen LogP) is 5.41. The van der Waals surface area contributed by atoms with Crippen molar-refractivity contribution in [3.05, 3.63) is 47.5 Å². The summed E-state index contributed by atoms with van der Waals surface area (Å²) >= 11 is 1.19. The quantitative estimate of drug-likeness (QED) is 0.382. The Bertz CT molecular complexity index is 1350. The molecule has 0 spiro atoms. The number of thiazole rings is 1. The molecule has 3 N–H and O–H groups in total. The smallest absolute Gasteiger partial charge is 0.406 e. The highest BCUT2D eigenvalue weighted by molar-refractivity contribution is 7.22. The van der Waals surface area contributed by atoms with E-state index in [-0.39, 0.29) is 17.8 Å². The fourth-order valence-electron chi connectivity index (χ4n) is 4.77. The second-order valence-electron chi connectivity index (χ2n) is 9.68. The van der Waals surface area contributed by atoms with Gasteiger partial charge in [0.05, 0.1) is 22.0 Å². The Labute approximate surface area is 221 Å². The average molecular weight is 548 g/mol. The molecule has 1 aromatic heterocycles. The molecule has 1 saturated carbocycles. The highest BCUT2D eigenvalue weighted by atomic mass is 32.1. The lowest BCUT2D eigenvalue weighted by Crippen LogP contribution is -2.34. The molecule has 0 radical (unpaired) electrons. The van der Waals surface area contributed by atoms with Crippen LogP contribution in [0.4, 0.5) is 24.0 Å². The highest BCUT2D eigenvalue weighted by Gasteiger charge is 2.31. The van der Waals surface area contributed by atoms with Crippen molar-refractivity contribution in [2.45, 2.75) is 51.1 Å². The number of guanidine groups is 1. The number of anilines is 1. The third-order valence-electron chi connectivity index (χ3n) is 6.81. The fourth-order valence-corrected chi connectivity index (χ4v) is 5.66. The molecular weight excluding hydrogens is 519 g/mol. The van der Waals surface area contributed by atoms with Crippen molar-refractivity contribution in [2.24, 2.45) is 10.9 Å². The molecule has 1 aliphatic heterocycles. The Morgan fingerprint density at radius 1 is 1.18 bits per heavy atom. The molecule has 2 aliphatic rings. The number of aromatic nitrogens is 1. The van der Waals surface area contributed by atoms with E-state index >= 15 is 0 Å². The van der Waals surface area contributed by atoms with Crippen molar-refractivity contribution in [3.8, 4) is 5.75 Å². The van der Waals surface area contributed by atoms with E-state index in [1.165, 1.54) is 29.5 Å². The number of benzene rings is 2. The lowest BCUT2D eigenvalue weighted by atomic mass is 9.85. The normalized spacial score (nSPS) is 19.6. The van der Waals surface area contributed by atoms with Gasteiger partial charge in [-0.25, -0.2) is 9.98 Å². The zero-order chi connectivity index (χ0) is 26.9. The van der Waals surface area contributed by atoms with Crippen molar-refractivity contribution in [2.75, 3.05) is 18.9 Å². The molecule has 38 heavy (non-hydrogen) atoms. The largest absolute Gasteiger partial charge is 0.573 e. The van der Waals surface area contributed by atoms with Gasteiger partial charge in [-0.2, -0.15) is 0 Å². The number of carbonyl (C=O) groups excluding carboxylic acids is 1. The maximum atomic E-state index is 12.8. The van der Waals surface area contributed by atoms with Gasteiger partial charge in [-0.15, -0.1) is 13.2 Å². The molecule has 202 valence electrons. The van der Waals surface area contributed by atoms with Gasteiger partial charge in [-0.05, 0) is 67.9 Å². The van der Waals surface area contributed by atoms with E-state index in [2.05, 4.69) is 25.3 Å². The van der Waals surface area contributed by atoms with Crippen LogP contribution in [-0.4, -0.2) is 52.9 Å². The molecule has 0 saturated heterocycles. The van der Waals surface area contributed by atoms with Crippen LogP contribution in [-0.2, 0) is 6.54 Å². The number of alkyl halides is 3. The van der Waals surface area contributed by atoms with E-state index in [1.54, 1.807) is 12.1 Å². The molecular formula is C26H28F3N5O3S. The van der Waals surface area contributed by atoms with E-state index in [0.29, 0.717) is 51.6 Å². The van der Waals surface area contributed by atoms with Crippen LogP contribution in [0.5, 0.6) is 5.75 Å².